The Morgan fingerprint density at radius 1 is 1.08 bits per heavy atom. The summed E-state index contributed by atoms with van der Waals surface area (Å²) >= 11 is -0.310. The van der Waals surface area contributed by atoms with Gasteiger partial charge in [-0.1, -0.05) is 0 Å². The zero-order valence-electron chi connectivity index (χ0n) is 13.7. The quantitative estimate of drug-likeness (QED) is 0.621. The van der Waals surface area contributed by atoms with E-state index < -0.39 is 35.6 Å². The number of carbonyl (C=O) groups excluding carboxylic acids is 3. The molecule has 0 unspecified atom stereocenters. The van der Waals surface area contributed by atoms with Crippen molar-refractivity contribution >= 4 is 29.7 Å². The Balaban J connectivity index is 2.48. The maximum atomic E-state index is 12.2. The van der Waals surface area contributed by atoms with E-state index in [0.717, 1.165) is 24.3 Å². The van der Waals surface area contributed by atoms with Gasteiger partial charge in [0.1, 0.15) is 0 Å². The molecule has 3 amide bonds. The molecule has 1 rings (SSSR count). The molecule has 2 N–H and O–H groups in total. The van der Waals surface area contributed by atoms with Gasteiger partial charge in [0, 0.05) is 10.4 Å². The highest BCUT2D eigenvalue weighted by molar-refractivity contribution is 8.00. The lowest BCUT2D eigenvalue weighted by Gasteiger charge is -2.20. The smallest absolute Gasteiger partial charge is 0.446 e. The fourth-order valence-electron chi connectivity index (χ4n) is 1.54. The van der Waals surface area contributed by atoms with Crippen molar-refractivity contribution in [3.05, 3.63) is 29.8 Å². The van der Waals surface area contributed by atoms with Crippen LogP contribution in [0, 0.1) is 0 Å². The molecule has 138 valence electrons. The van der Waals surface area contributed by atoms with Crippen LogP contribution in [0.4, 0.5) is 18.0 Å². The highest BCUT2D eigenvalue weighted by Crippen LogP contribution is 2.36. The fourth-order valence-corrected chi connectivity index (χ4v) is 2.08. The van der Waals surface area contributed by atoms with Crippen LogP contribution in [-0.4, -0.2) is 35.6 Å². The van der Waals surface area contributed by atoms with Crippen LogP contribution in [0.1, 0.15) is 31.1 Å². The Bertz CT molecular complexity index is 640. The molecule has 0 aliphatic heterocycles. The van der Waals surface area contributed by atoms with E-state index in [4.69, 9.17) is 4.74 Å². The molecule has 0 radical (unpaired) electrons. The van der Waals surface area contributed by atoms with Crippen LogP contribution >= 0.6 is 11.8 Å². The van der Waals surface area contributed by atoms with Crippen LogP contribution in [0.2, 0.25) is 0 Å². The fraction of sp³-hybridized carbons (Fsp3) is 0.400. The summed E-state index contributed by atoms with van der Waals surface area (Å²) < 4.78 is 41.3. The van der Waals surface area contributed by atoms with E-state index in [9.17, 15) is 27.6 Å². The number of amides is 3. The summed E-state index contributed by atoms with van der Waals surface area (Å²) in [5.74, 6) is -1.73. The van der Waals surface area contributed by atoms with Crippen LogP contribution < -0.4 is 10.6 Å². The van der Waals surface area contributed by atoms with Gasteiger partial charge in [0.25, 0.3) is 5.91 Å². The molecule has 1 aromatic rings. The number of urea groups is 1. The molecule has 0 saturated heterocycles. The third kappa shape index (κ3) is 8.99. The first-order valence-electron chi connectivity index (χ1n) is 7.01. The molecule has 0 aliphatic rings. The van der Waals surface area contributed by atoms with Crippen molar-refractivity contribution in [1.82, 2.24) is 10.6 Å². The molecule has 1 aromatic carbocycles. The van der Waals surface area contributed by atoms with Gasteiger partial charge in [-0.05, 0) is 56.8 Å². The molecule has 0 aliphatic carbocycles. The third-order valence-electron chi connectivity index (χ3n) is 2.40. The first kappa shape index (κ1) is 20.8. The van der Waals surface area contributed by atoms with Crippen molar-refractivity contribution in [2.24, 2.45) is 0 Å². The number of ether oxygens (including phenoxy) is 1. The lowest BCUT2D eigenvalue weighted by Crippen LogP contribution is -2.49. The summed E-state index contributed by atoms with van der Waals surface area (Å²) in [6.07, 6.45) is 0. The Labute approximate surface area is 146 Å². The normalized spacial score (nSPS) is 11.6. The Kier molecular flexibility index (Phi) is 6.86. The average Bonchev–Trinajstić information content (AvgIpc) is 2.41. The molecule has 0 heterocycles. The molecule has 6 nitrogen and oxygen atoms in total. The van der Waals surface area contributed by atoms with Crippen molar-refractivity contribution in [3.8, 4) is 0 Å². The van der Waals surface area contributed by atoms with Crippen LogP contribution in [0.5, 0.6) is 0 Å². The molecule has 10 heteroatoms. The highest BCUT2D eigenvalue weighted by Gasteiger charge is 2.29. The second kappa shape index (κ2) is 8.24. The number of hydrogen-bond donors (Lipinski definition) is 2. The number of benzene rings is 1. The molecule has 0 fully saturated rings. The van der Waals surface area contributed by atoms with Crippen LogP contribution in [0.15, 0.2) is 29.2 Å². The molecule has 0 saturated carbocycles. The van der Waals surface area contributed by atoms with Gasteiger partial charge in [0.15, 0.2) is 6.61 Å². The number of carbonyl (C=O) groups is 3. The molecule has 0 atom stereocenters. The summed E-state index contributed by atoms with van der Waals surface area (Å²) in [6, 6.07) is 3.81. The van der Waals surface area contributed by atoms with Crippen molar-refractivity contribution in [3.63, 3.8) is 0 Å². The molecular formula is C15H17F3N2O4S. The van der Waals surface area contributed by atoms with E-state index in [0.29, 0.717) is 0 Å². The largest absolute Gasteiger partial charge is 0.452 e. The summed E-state index contributed by atoms with van der Waals surface area (Å²) in [5, 5.41) is 4.47. The summed E-state index contributed by atoms with van der Waals surface area (Å²) in [7, 11) is 0. The predicted octanol–water partition coefficient (Wildman–Crippen LogP) is 3.08. The monoisotopic (exact) mass is 378 g/mol. The van der Waals surface area contributed by atoms with Crippen molar-refractivity contribution in [2.45, 2.75) is 36.7 Å². The number of imide groups is 1. The number of alkyl halides is 3. The second-order valence-corrected chi connectivity index (χ2v) is 7.04. The van der Waals surface area contributed by atoms with Crippen molar-refractivity contribution in [2.75, 3.05) is 6.61 Å². The molecule has 0 spiro atoms. The van der Waals surface area contributed by atoms with Crippen molar-refractivity contribution in [1.29, 1.82) is 0 Å². The second-order valence-electron chi connectivity index (χ2n) is 5.90. The van der Waals surface area contributed by atoms with Gasteiger partial charge >= 0.3 is 17.5 Å². The number of nitrogens with one attached hydrogen (secondary N) is 2. The minimum atomic E-state index is -4.42. The minimum Gasteiger partial charge on any atom is -0.452 e. The van der Waals surface area contributed by atoms with Gasteiger partial charge < -0.3 is 10.1 Å². The number of rotatable bonds is 4. The van der Waals surface area contributed by atoms with Crippen LogP contribution in [0.25, 0.3) is 0 Å². The predicted molar refractivity (Wildman–Crippen MR) is 85.1 cm³/mol. The van der Waals surface area contributed by atoms with Crippen LogP contribution in [0.3, 0.4) is 0 Å². The topological polar surface area (TPSA) is 84.5 Å². The van der Waals surface area contributed by atoms with E-state index in [1.807, 2.05) is 5.32 Å². The van der Waals surface area contributed by atoms with Gasteiger partial charge in [-0.3, -0.25) is 10.1 Å². The van der Waals surface area contributed by atoms with E-state index in [1.165, 1.54) is 0 Å². The number of thioether (sulfide) groups is 1. The first-order valence-corrected chi connectivity index (χ1v) is 7.82. The van der Waals surface area contributed by atoms with E-state index >= 15 is 0 Å². The summed E-state index contributed by atoms with van der Waals surface area (Å²) in [4.78, 5) is 34.6. The minimum absolute atomic E-state index is 0.0153. The molecule has 0 bridgehead atoms. The third-order valence-corrected chi connectivity index (χ3v) is 3.14. The zero-order chi connectivity index (χ0) is 19.3. The van der Waals surface area contributed by atoms with Crippen molar-refractivity contribution < 1.29 is 32.3 Å². The molecule has 0 aromatic heterocycles. The van der Waals surface area contributed by atoms with Gasteiger partial charge in [-0.25, -0.2) is 9.59 Å². The Morgan fingerprint density at radius 3 is 2.12 bits per heavy atom. The van der Waals surface area contributed by atoms with Crippen LogP contribution in [-0.2, 0) is 9.53 Å². The number of halogens is 3. The summed E-state index contributed by atoms with van der Waals surface area (Å²) in [5.41, 5.74) is -4.98. The SMILES string of the molecule is CC(C)(C)NC(=O)NC(=O)COC(=O)c1ccc(SC(F)(F)F)cc1. The first-order chi connectivity index (χ1) is 11.4. The Hall–Kier alpha value is -2.23. The lowest BCUT2D eigenvalue weighted by atomic mass is 10.1. The highest BCUT2D eigenvalue weighted by atomic mass is 32.2. The van der Waals surface area contributed by atoms with Gasteiger partial charge in [-0.2, -0.15) is 13.2 Å². The zero-order valence-corrected chi connectivity index (χ0v) is 14.5. The number of esters is 1. The van der Waals surface area contributed by atoms with Gasteiger partial charge in [0.2, 0.25) is 0 Å². The molecule has 25 heavy (non-hydrogen) atoms. The summed E-state index contributed by atoms with van der Waals surface area (Å²) in [6.45, 7) is 4.46. The maximum Gasteiger partial charge on any atom is 0.446 e. The lowest BCUT2D eigenvalue weighted by molar-refractivity contribution is -0.123. The Morgan fingerprint density at radius 2 is 1.64 bits per heavy atom. The van der Waals surface area contributed by atoms with Gasteiger partial charge in [-0.15, -0.1) is 0 Å². The van der Waals surface area contributed by atoms with Gasteiger partial charge in [0.05, 0.1) is 5.56 Å². The average molecular weight is 378 g/mol. The molecular weight excluding hydrogens is 361 g/mol. The van der Waals surface area contributed by atoms with E-state index in [-0.39, 0.29) is 22.2 Å². The van der Waals surface area contributed by atoms with E-state index in [1.54, 1.807) is 20.8 Å². The van der Waals surface area contributed by atoms with E-state index in [2.05, 4.69) is 5.32 Å². The maximum absolute atomic E-state index is 12.2. The number of hydrogen-bond acceptors (Lipinski definition) is 5. The standard InChI is InChI=1S/C15H17F3N2O4S/c1-14(2,3)20-13(23)19-11(21)8-24-12(22)9-4-6-10(7-5-9)25-15(16,17)18/h4-7H,8H2,1-3H3,(H2,19,20,21,23).